The molecular weight excluding hydrogens is 479 g/mol. The van der Waals surface area contributed by atoms with E-state index in [1.165, 1.54) is 0 Å². The first-order valence-electron chi connectivity index (χ1n) is 10.5. The van der Waals surface area contributed by atoms with E-state index in [0.717, 1.165) is 45.1 Å². The van der Waals surface area contributed by atoms with Crippen molar-refractivity contribution in [1.82, 2.24) is 9.97 Å². The lowest BCUT2D eigenvalue weighted by atomic mass is 10.1. The normalized spacial score (nSPS) is 11.5. The average molecular weight is 501 g/mol. The van der Waals surface area contributed by atoms with Crippen molar-refractivity contribution in [2.24, 2.45) is 11.5 Å². The van der Waals surface area contributed by atoms with Crippen molar-refractivity contribution in [2.75, 3.05) is 13.1 Å². The van der Waals surface area contributed by atoms with Gasteiger partial charge in [-0.05, 0) is 61.3 Å². The summed E-state index contributed by atoms with van der Waals surface area (Å²) >= 11 is 12.9. The van der Waals surface area contributed by atoms with Gasteiger partial charge in [0.25, 0.3) is 0 Å². The van der Waals surface area contributed by atoms with Crippen LogP contribution in [0.25, 0.3) is 21.8 Å². The van der Waals surface area contributed by atoms with Gasteiger partial charge in [0.05, 0.1) is 10.0 Å². The number of H-pyrrole nitrogens is 2. The Morgan fingerprint density at radius 2 is 1.18 bits per heavy atom. The number of esters is 2. The molecule has 6 N–H and O–H groups in total. The summed E-state index contributed by atoms with van der Waals surface area (Å²) in [5, 5.41) is 2.05. The second kappa shape index (κ2) is 10.3. The number of nitrogens with two attached hydrogens (primary N) is 2. The molecule has 0 aliphatic rings. The summed E-state index contributed by atoms with van der Waals surface area (Å²) in [6.07, 6.45) is 6.80. The molecule has 2 aromatic carbocycles. The Bertz CT molecular complexity index is 1300. The predicted octanol–water partition coefficient (Wildman–Crippen LogP) is 4.03. The third-order valence-electron chi connectivity index (χ3n) is 5.26. The fraction of sp³-hybridized carbons (Fsp3) is 0.167. The molecule has 0 fully saturated rings. The molecule has 4 rings (SSSR count). The summed E-state index contributed by atoms with van der Waals surface area (Å²) in [4.78, 5) is 30.8. The number of aromatic amines is 2. The Balaban J connectivity index is 1.46. The van der Waals surface area contributed by atoms with Crippen LogP contribution in [0.5, 0.6) is 11.5 Å². The van der Waals surface area contributed by atoms with Crippen LogP contribution in [0.3, 0.4) is 0 Å². The Hall–Kier alpha value is -3.30. The van der Waals surface area contributed by atoms with Crippen LogP contribution in [0.2, 0.25) is 10.0 Å². The first kappa shape index (κ1) is 23.8. The summed E-state index contributed by atoms with van der Waals surface area (Å²) in [6, 6.07) is 6.64. The monoisotopic (exact) mass is 500 g/mol. The largest absolute Gasteiger partial charge is 0.422 e. The lowest BCUT2D eigenvalue weighted by molar-refractivity contribution is -0.131. The third kappa shape index (κ3) is 4.80. The summed E-state index contributed by atoms with van der Waals surface area (Å²) in [6.45, 7) is 0.904. The number of hydrogen-bond acceptors (Lipinski definition) is 6. The Morgan fingerprint density at radius 3 is 1.56 bits per heavy atom. The van der Waals surface area contributed by atoms with Gasteiger partial charge in [0.2, 0.25) is 0 Å². The maximum Gasteiger partial charge on any atom is 0.336 e. The molecule has 2 aromatic heterocycles. The standard InChI is InChI=1S/C24H22Cl2N4O4/c25-23-17(3-1-15-21(23)13(7-9-27)11-29-15)33-19(31)5-6-20(32)34-18-4-2-16-22(24(18)26)14(8-10-28)12-30-16/h1-6,11-12,29-30H,7-10,27-28H2/b6-5+. The third-order valence-corrected chi connectivity index (χ3v) is 6.01. The quantitative estimate of drug-likeness (QED) is 0.164. The van der Waals surface area contributed by atoms with E-state index in [4.69, 9.17) is 44.1 Å². The number of carbonyl (C=O) groups is 2. The molecule has 4 aromatic rings. The number of ether oxygens (including phenoxy) is 2. The lowest BCUT2D eigenvalue weighted by Crippen LogP contribution is -2.09. The van der Waals surface area contributed by atoms with Crippen LogP contribution in [0, 0.1) is 0 Å². The molecule has 176 valence electrons. The topological polar surface area (TPSA) is 136 Å². The Labute approximate surface area is 204 Å². The molecule has 0 saturated heterocycles. The van der Waals surface area contributed by atoms with Crippen molar-refractivity contribution < 1.29 is 19.1 Å². The van der Waals surface area contributed by atoms with E-state index in [2.05, 4.69) is 9.97 Å². The van der Waals surface area contributed by atoms with Crippen molar-refractivity contribution >= 4 is 56.9 Å². The highest BCUT2D eigenvalue weighted by Gasteiger charge is 2.16. The van der Waals surface area contributed by atoms with Gasteiger partial charge in [-0.25, -0.2) is 9.59 Å². The van der Waals surface area contributed by atoms with Crippen molar-refractivity contribution in [3.63, 3.8) is 0 Å². The molecule has 34 heavy (non-hydrogen) atoms. The van der Waals surface area contributed by atoms with Gasteiger partial charge in [-0.15, -0.1) is 0 Å². The number of benzene rings is 2. The number of aromatic nitrogens is 2. The van der Waals surface area contributed by atoms with E-state index in [0.29, 0.717) is 25.9 Å². The number of halogens is 2. The highest BCUT2D eigenvalue weighted by atomic mass is 35.5. The van der Waals surface area contributed by atoms with Gasteiger partial charge in [-0.2, -0.15) is 0 Å². The van der Waals surface area contributed by atoms with Crippen molar-refractivity contribution in [3.05, 3.63) is 70.0 Å². The fourth-order valence-corrected chi connectivity index (χ4v) is 4.39. The van der Waals surface area contributed by atoms with Crippen molar-refractivity contribution in [1.29, 1.82) is 0 Å². The molecule has 0 amide bonds. The van der Waals surface area contributed by atoms with Crippen LogP contribution in [-0.2, 0) is 22.4 Å². The predicted molar refractivity (Wildman–Crippen MR) is 133 cm³/mol. The maximum atomic E-state index is 12.3. The number of rotatable bonds is 8. The minimum absolute atomic E-state index is 0.170. The second-order valence-corrected chi connectivity index (χ2v) is 8.24. The molecule has 0 saturated carbocycles. The lowest BCUT2D eigenvalue weighted by Gasteiger charge is -2.07. The van der Waals surface area contributed by atoms with Gasteiger partial charge < -0.3 is 30.9 Å². The van der Waals surface area contributed by atoms with Crippen LogP contribution in [0.15, 0.2) is 48.8 Å². The minimum Gasteiger partial charge on any atom is -0.422 e. The maximum absolute atomic E-state index is 12.3. The van der Waals surface area contributed by atoms with E-state index >= 15 is 0 Å². The van der Waals surface area contributed by atoms with Gasteiger partial charge in [0, 0.05) is 46.4 Å². The van der Waals surface area contributed by atoms with E-state index in [9.17, 15) is 9.59 Å². The molecule has 0 aliphatic carbocycles. The Kier molecular flexibility index (Phi) is 7.23. The van der Waals surface area contributed by atoms with Crippen molar-refractivity contribution in [3.8, 4) is 11.5 Å². The van der Waals surface area contributed by atoms with Gasteiger partial charge in [-0.1, -0.05) is 23.2 Å². The molecule has 0 aliphatic heterocycles. The van der Waals surface area contributed by atoms with Gasteiger partial charge in [-0.3, -0.25) is 0 Å². The first-order valence-corrected chi connectivity index (χ1v) is 11.3. The number of hydrogen-bond donors (Lipinski definition) is 4. The highest BCUT2D eigenvalue weighted by Crippen LogP contribution is 2.36. The molecule has 10 heteroatoms. The molecule has 0 unspecified atom stereocenters. The minimum atomic E-state index is -0.786. The molecule has 0 spiro atoms. The van der Waals surface area contributed by atoms with E-state index in [1.807, 2.05) is 12.4 Å². The molecule has 8 nitrogen and oxygen atoms in total. The Morgan fingerprint density at radius 1 is 0.765 bits per heavy atom. The average Bonchev–Trinajstić information content (AvgIpc) is 3.42. The summed E-state index contributed by atoms with van der Waals surface area (Å²) in [7, 11) is 0. The SMILES string of the molecule is NCCc1c[nH]c2ccc(OC(=O)/C=C/C(=O)Oc3ccc4[nH]cc(CCN)c4c3Cl)c(Cl)c12. The first-order chi connectivity index (χ1) is 16.4. The van der Waals surface area contributed by atoms with Crippen LogP contribution in [-0.4, -0.2) is 35.0 Å². The number of nitrogens with one attached hydrogen (secondary N) is 2. The van der Waals surface area contributed by atoms with E-state index in [-0.39, 0.29) is 21.5 Å². The summed E-state index contributed by atoms with van der Waals surface area (Å²) in [5.74, 6) is -1.23. The van der Waals surface area contributed by atoms with Gasteiger partial charge in [0.15, 0.2) is 11.5 Å². The highest BCUT2D eigenvalue weighted by molar-refractivity contribution is 6.38. The smallest absolute Gasteiger partial charge is 0.336 e. The number of carbonyl (C=O) groups excluding carboxylic acids is 2. The summed E-state index contributed by atoms with van der Waals surface area (Å²) < 4.78 is 10.6. The van der Waals surface area contributed by atoms with Crippen LogP contribution in [0.4, 0.5) is 0 Å². The molecule has 2 heterocycles. The molecule has 0 bridgehead atoms. The van der Waals surface area contributed by atoms with Crippen LogP contribution >= 0.6 is 23.2 Å². The van der Waals surface area contributed by atoms with Crippen molar-refractivity contribution in [2.45, 2.75) is 12.8 Å². The zero-order valence-corrected chi connectivity index (χ0v) is 19.5. The zero-order chi connectivity index (χ0) is 24.2. The fourth-order valence-electron chi connectivity index (χ4n) is 3.74. The van der Waals surface area contributed by atoms with Crippen LogP contribution < -0.4 is 20.9 Å². The van der Waals surface area contributed by atoms with E-state index in [1.54, 1.807) is 24.3 Å². The second-order valence-electron chi connectivity index (χ2n) is 7.48. The van der Waals surface area contributed by atoms with Crippen LogP contribution in [0.1, 0.15) is 11.1 Å². The number of fused-ring (bicyclic) bond motifs is 2. The molecular formula is C24H22Cl2N4O4. The van der Waals surface area contributed by atoms with Gasteiger partial charge >= 0.3 is 11.9 Å². The summed E-state index contributed by atoms with van der Waals surface area (Å²) in [5.41, 5.74) is 14.7. The molecule has 0 radical (unpaired) electrons. The molecule has 0 atom stereocenters. The van der Waals surface area contributed by atoms with E-state index < -0.39 is 11.9 Å². The van der Waals surface area contributed by atoms with Gasteiger partial charge in [0.1, 0.15) is 0 Å². The zero-order valence-electron chi connectivity index (χ0n) is 18.0.